The van der Waals surface area contributed by atoms with E-state index in [4.69, 9.17) is 5.10 Å². The number of rotatable bonds is 4. The van der Waals surface area contributed by atoms with Crippen molar-refractivity contribution >= 4 is 17.4 Å². The fraction of sp³-hybridized carbons (Fsp3) is 0.346. The topological polar surface area (TPSA) is 58.4 Å². The van der Waals surface area contributed by atoms with Crippen LogP contribution < -0.4 is 10.5 Å². The number of piperidine rings is 1. The number of anilines is 2. The fourth-order valence-corrected chi connectivity index (χ4v) is 4.90. The molecule has 1 fully saturated rings. The van der Waals surface area contributed by atoms with Crippen LogP contribution in [0.1, 0.15) is 30.9 Å². The number of para-hydroxylation sites is 1. The molecule has 0 spiro atoms. The molecular weight excluding hydrogens is 400 g/mol. The zero-order valence-electron chi connectivity index (χ0n) is 18.4. The standard InChI is InChI=1S/C26H28N4O2/c1-19-8-7-15-28(17-19)26(32)23-16-21-11-5-6-12-22(21)30(23)24-13-14-25(31)29(27-24)18-20-9-3-2-4-10-20/h2-6,9-14,19,23H,7-8,15-18H2,1H3. The van der Waals surface area contributed by atoms with Crippen LogP contribution in [-0.2, 0) is 17.8 Å². The molecule has 0 saturated carbocycles. The summed E-state index contributed by atoms with van der Waals surface area (Å²) in [6.45, 7) is 4.22. The van der Waals surface area contributed by atoms with Crippen molar-refractivity contribution in [1.82, 2.24) is 14.7 Å². The van der Waals surface area contributed by atoms with Crippen LogP contribution in [0.2, 0.25) is 0 Å². The number of likely N-dealkylation sites (tertiary alicyclic amines) is 1. The maximum atomic E-state index is 13.6. The summed E-state index contributed by atoms with van der Waals surface area (Å²) in [5.41, 5.74) is 2.99. The van der Waals surface area contributed by atoms with E-state index in [1.165, 1.54) is 11.1 Å². The van der Waals surface area contributed by atoms with E-state index in [0.29, 0.717) is 24.7 Å². The van der Waals surface area contributed by atoms with E-state index >= 15 is 0 Å². The second-order valence-electron chi connectivity index (χ2n) is 8.92. The maximum Gasteiger partial charge on any atom is 0.267 e. The highest BCUT2D eigenvalue weighted by Crippen LogP contribution is 2.38. The van der Waals surface area contributed by atoms with E-state index in [9.17, 15) is 9.59 Å². The van der Waals surface area contributed by atoms with Crippen molar-refractivity contribution < 1.29 is 4.79 Å². The fourth-order valence-electron chi connectivity index (χ4n) is 4.90. The van der Waals surface area contributed by atoms with E-state index < -0.39 is 0 Å². The van der Waals surface area contributed by atoms with Crippen LogP contribution in [0.3, 0.4) is 0 Å². The molecule has 3 aromatic rings. The molecule has 32 heavy (non-hydrogen) atoms. The minimum atomic E-state index is -0.340. The lowest BCUT2D eigenvalue weighted by Gasteiger charge is -2.35. The van der Waals surface area contributed by atoms with Gasteiger partial charge in [-0.2, -0.15) is 5.10 Å². The summed E-state index contributed by atoms with van der Waals surface area (Å²) in [4.78, 5) is 30.2. The van der Waals surface area contributed by atoms with Crippen molar-refractivity contribution in [1.29, 1.82) is 0 Å². The van der Waals surface area contributed by atoms with E-state index in [1.54, 1.807) is 12.1 Å². The third-order valence-corrected chi connectivity index (χ3v) is 6.50. The van der Waals surface area contributed by atoms with E-state index in [2.05, 4.69) is 13.0 Å². The smallest absolute Gasteiger partial charge is 0.267 e. The first-order valence-corrected chi connectivity index (χ1v) is 11.4. The molecule has 1 saturated heterocycles. The van der Waals surface area contributed by atoms with Gasteiger partial charge in [0.05, 0.1) is 6.54 Å². The van der Waals surface area contributed by atoms with Crippen LogP contribution in [0.15, 0.2) is 71.5 Å². The van der Waals surface area contributed by atoms with E-state index in [1.807, 2.05) is 58.3 Å². The van der Waals surface area contributed by atoms with Crippen molar-refractivity contribution in [3.05, 3.63) is 88.2 Å². The van der Waals surface area contributed by atoms with Crippen LogP contribution in [0.25, 0.3) is 0 Å². The van der Waals surface area contributed by atoms with Crippen molar-refractivity contribution in [2.45, 2.75) is 38.8 Å². The first-order valence-electron chi connectivity index (χ1n) is 11.4. The lowest BCUT2D eigenvalue weighted by molar-refractivity contribution is -0.134. The van der Waals surface area contributed by atoms with Gasteiger partial charge in [-0.15, -0.1) is 0 Å². The average molecular weight is 429 g/mol. The Morgan fingerprint density at radius 3 is 2.62 bits per heavy atom. The number of nitrogens with zero attached hydrogens (tertiary/aromatic N) is 4. The largest absolute Gasteiger partial charge is 0.341 e. The monoisotopic (exact) mass is 428 g/mol. The van der Waals surface area contributed by atoms with Gasteiger partial charge in [0.15, 0.2) is 5.82 Å². The maximum absolute atomic E-state index is 13.6. The number of amides is 1. The Labute approximate surface area is 188 Å². The summed E-state index contributed by atoms with van der Waals surface area (Å²) >= 11 is 0. The molecule has 0 bridgehead atoms. The second kappa shape index (κ2) is 8.61. The molecule has 1 aromatic heterocycles. The first-order chi connectivity index (χ1) is 15.6. The molecule has 2 aliphatic rings. The van der Waals surface area contributed by atoms with Crippen molar-refractivity contribution in [3.63, 3.8) is 0 Å². The molecule has 2 aliphatic heterocycles. The first kappa shape index (κ1) is 20.5. The van der Waals surface area contributed by atoms with Gasteiger partial charge in [-0.1, -0.05) is 55.5 Å². The minimum absolute atomic E-state index is 0.148. The number of hydrogen-bond donors (Lipinski definition) is 0. The number of carbonyl (C=O) groups is 1. The van der Waals surface area contributed by atoms with Crippen LogP contribution in [0.4, 0.5) is 11.5 Å². The van der Waals surface area contributed by atoms with Crippen LogP contribution in [-0.4, -0.2) is 39.7 Å². The van der Waals surface area contributed by atoms with Gasteiger partial charge in [-0.3, -0.25) is 9.59 Å². The minimum Gasteiger partial charge on any atom is -0.341 e. The molecule has 0 N–H and O–H groups in total. The Kier molecular flexibility index (Phi) is 5.52. The molecule has 5 rings (SSSR count). The Morgan fingerprint density at radius 1 is 1.03 bits per heavy atom. The Hall–Kier alpha value is -3.41. The molecule has 2 unspecified atom stereocenters. The van der Waals surface area contributed by atoms with Crippen LogP contribution in [0, 0.1) is 5.92 Å². The number of benzene rings is 2. The Bertz CT molecular complexity index is 1170. The molecular formula is C26H28N4O2. The summed E-state index contributed by atoms with van der Waals surface area (Å²) in [6, 6.07) is 20.9. The zero-order valence-corrected chi connectivity index (χ0v) is 18.4. The number of fused-ring (bicyclic) bond motifs is 1. The van der Waals surface area contributed by atoms with Crippen LogP contribution in [0.5, 0.6) is 0 Å². The summed E-state index contributed by atoms with van der Waals surface area (Å²) in [6.07, 6.45) is 2.87. The lowest BCUT2D eigenvalue weighted by Crippen LogP contribution is -2.49. The highest BCUT2D eigenvalue weighted by molar-refractivity contribution is 5.91. The number of aromatic nitrogens is 2. The summed E-state index contributed by atoms with van der Waals surface area (Å²) in [5, 5.41) is 4.70. The highest BCUT2D eigenvalue weighted by Gasteiger charge is 2.39. The molecule has 3 heterocycles. The second-order valence-corrected chi connectivity index (χ2v) is 8.92. The zero-order chi connectivity index (χ0) is 22.1. The van der Waals surface area contributed by atoms with Crippen LogP contribution >= 0.6 is 0 Å². The number of hydrogen-bond acceptors (Lipinski definition) is 4. The third-order valence-electron chi connectivity index (χ3n) is 6.50. The van der Waals surface area contributed by atoms with Gasteiger partial charge in [-0.25, -0.2) is 4.68 Å². The molecule has 6 nitrogen and oxygen atoms in total. The van der Waals surface area contributed by atoms with Gasteiger partial charge in [0.25, 0.3) is 5.56 Å². The molecule has 0 aliphatic carbocycles. The molecule has 2 atom stereocenters. The van der Waals surface area contributed by atoms with Crippen molar-refractivity contribution in [2.24, 2.45) is 5.92 Å². The average Bonchev–Trinajstić information content (AvgIpc) is 3.20. The van der Waals surface area contributed by atoms with Gasteiger partial charge in [0, 0.05) is 31.3 Å². The van der Waals surface area contributed by atoms with E-state index in [-0.39, 0.29) is 17.5 Å². The van der Waals surface area contributed by atoms with Crippen molar-refractivity contribution in [2.75, 3.05) is 18.0 Å². The molecule has 1 amide bonds. The summed E-state index contributed by atoms with van der Waals surface area (Å²) in [5.74, 6) is 1.31. The molecule has 6 heteroatoms. The number of carbonyl (C=O) groups excluding carboxylic acids is 1. The van der Waals surface area contributed by atoms with Gasteiger partial charge >= 0.3 is 0 Å². The molecule has 0 radical (unpaired) electrons. The summed E-state index contributed by atoms with van der Waals surface area (Å²) in [7, 11) is 0. The predicted octanol–water partition coefficient (Wildman–Crippen LogP) is 3.61. The van der Waals surface area contributed by atoms with E-state index in [0.717, 1.165) is 36.3 Å². The molecule has 164 valence electrons. The quantitative estimate of drug-likeness (QED) is 0.637. The summed E-state index contributed by atoms with van der Waals surface area (Å²) < 4.78 is 1.48. The Balaban J connectivity index is 1.51. The molecule has 2 aromatic carbocycles. The predicted molar refractivity (Wildman–Crippen MR) is 125 cm³/mol. The van der Waals surface area contributed by atoms with Gasteiger partial charge in [0.1, 0.15) is 6.04 Å². The normalized spacial score (nSPS) is 20.3. The third kappa shape index (κ3) is 3.93. The van der Waals surface area contributed by atoms with Gasteiger partial charge < -0.3 is 9.80 Å². The highest BCUT2D eigenvalue weighted by atomic mass is 16.2. The SMILES string of the molecule is CC1CCCN(C(=O)C2Cc3ccccc3N2c2ccc(=O)n(Cc3ccccc3)n2)C1. The van der Waals surface area contributed by atoms with Gasteiger partial charge in [-0.05, 0) is 42.0 Å². The van der Waals surface area contributed by atoms with Crippen molar-refractivity contribution in [3.8, 4) is 0 Å². The van der Waals surface area contributed by atoms with Gasteiger partial charge in [0.2, 0.25) is 5.91 Å². The Morgan fingerprint density at radius 2 is 1.81 bits per heavy atom. The lowest BCUT2D eigenvalue weighted by atomic mass is 9.99.